The fraction of sp³-hybridized carbons (Fsp3) is 0.474. The number of piperidine rings is 1. The van der Waals surface area contributed by atoms with Crippen LogP contribution in [0.5, 0.6) is 0 Å². The van der Waals surface area contributed by atoms with Crippen molar-refractivity contribution in [1.82, 2.24) is 4.90 Å². The summed E-state index contributed by atoms with van der Waals surface area (Å²) in [6, 6.07) is 13.6. The molecule has 1 unspecified atom stereocenters. The molecule has 1 saturated heterocycles. The van der Waals surface area contributed by atoms with Crippen LogP contribution in [0.25, 0.3) is 10.8 Å². The Labute approximate surface area is 127 Å². The highest BCUT2D eigenvalue weighted by Gasteiger charge is 2.22. The predicted octanol–water partition coefficient (Wildman–Crippen LogP) is 4.58. The van der Waals surface area contributed by atoms with Crippen LogP contribution in [-0.4, -0.2) is 17.5 Å². The highest BCUT2D eigenvalue weighted by molar-refractivity contribution is 5.86. The van der Waals surface area contributed by atoms with Crippen molar-refractivity contribution in [2.45, 2.75) is 51.6 Å². The topological polar surface area (TPSA) is 29.3 Å². The molecule has 2 nitrogen and oxygen atoms in total. The lowest BCUT2D eigenvalue weighted by molar-refractivity contribution is 0.132. The van der Waals surface area contributed by atoms with Crippen molar-refractivity contribution in [1.29, 1.82) is 0 Å². The number of hydrogen-bond donors (Lipinski definition) is 1. The van der Waals surface area contributed by atoms with Gasteiger partial charge in [0.15, 0.2) is 0 Å². The maximum atomic E-state index is 6.30. The number of anilines is 1. The van der Waals surface area contributed by atoms with Gasteiger partial charge in [0.1, 0.15) is 0 Å². The standard InChI is InChI=1S/C19H26N2/c1-2-7-18-10-5-6-11-21(18)14-17-12-15-8-3-4-9-16(15)13-19(17)20/h3-4,8-9,12-13,18H,2,5-7,10-11,14,20H2,1H3. The van der Waals surface area contributed by atoms with Crippen molar-refractivity contribution < 1.29 is 0 Å². The highest BCUT2D eigenvalue weighted by atomic mass is 15.2. The Hall–Kier alpha value is -1.54. The average molecular weight is 282 g/mol. The van der Waals surface area contributed by atoms with Crippen LogP contribution in [0.1, 0.15) is 44.6 Å². The SMILES string of the molecule is CCCC1CCCCN1Cc1cc2ccccc2cc1N. The minimum Gasteiger partial charge on any atom is -0.398 e. The van der Waals surface area contributed by atoms with Gasteiger partial charge in [-0.3, -0.25) is 4.90 Å². The van der Waals surface area contributed by atoms with Crippen molar-refractivity contribution in [2.75, 3.05) is 12.3 Å². The molecule has 0 aromatic heterocycles. The van der Waals surface area contributed by atoms with Gasteiger partial charge in [0, 0.05) is 18.3 Å². The Morgan fingerprint density at radius 2 is 1.90 bits per heavy atom. The van der Waals surface area contributed by atoms with E-state index < -0.39 is 0 Å². The van der Waals surface area contributed by atoms with Crippen molar-refractivity contribution in [3.63, 3.8) is 0 Å². The quantitative estimate of drug-likeness (QED) is 0.832. The zero-order valence-electron chi connectivity index (χ0n) is 13.0. The van der Waals surface area contributed by atoms with Gasteiger partial charge in [-0.05, 0) is 54.3 Å². The van der Waals surface area contributed by atoms with E-state index >= 15 is 0 Å². The Morgan fingerprint density at radius 3 is 2.67 bits per heavy atom. The molecule has 2 aromatic carbocycles. The molecule has 1 fully saturated rings. The lowest BCUT2D eigenvalue weighted by atomic mass is 9.96. The van der Waals surface area contributed by atoms with Gasteiger partial charge in [0.25, 0.3) is 0 Å². The first-order valence-electron chi connectivity index (χ1n) is 8.29. The summed E-state index contributed by atoms with van der Waals surface area (Å²) in [4.78, 5) is 2.65. The first-order chi connectivity index (χ1) is 10.3. The van der Waals surface area contributed by atoms with E-state index in [0.717, 1.165) is 18.3 Å². The van der Waals surface area contributed by atoms with Crippen LogP contribution in [0.3, 0.4) is 0 Å². The van der Waals surface area contributed by atoms with E-state index in [1.54, 1.807) is 0 Å². The van der Waals surface area contributed by atoms with Crippen LogP contribution < -0.4 is 5.73 Å². The fourth-order valence-electron chi connectivity index (χ4n) is 3.59. The molecule has 112 valence electrons. The normalized spacial score (nSPS) is 20.0. The summed E-state index contributed by atoms with van der Waals surface area (Å²) >= 11 is 0. The number of likely N-dealkylation sites (tertiary alicyclic amines) is 1. The number of benzene rings is 2. The lowest BCUT2D eigenvalue weighted by Gasteiger charge is -2.36. The van der Waals surface area contributed by atoms with Gasteiger partial charge in [0.05, 0.1) is 0 Å². The highest BCUT2D eigenvalue weighted by Crippen LogP contribution is 2.27. The molecule has 1 atom stereocenters. The number of nitrogens with two attached hydrogens (primary N) is 1. The molecular formula is C19H26N2. The molecule has 1 aliphatic rings. The van der Waals surface area contributed by atoms with Gasteiger partial charge in [0.2, 0.25) is 0 Å². The molecule has 0 radical (unpaired) electrons. The molecule has 0 bridgehead atoms. The average Bonchev–Trinajstić information content (AvgIpc) is 2.50. The van der Waals surface area contributed by atoms with Crippen molar-refractivity contribution in [2.24, 2.45) is 0 Å². The second-order valence-corrected chi connectivity index (χ2v) is 6.31. The first kappa shape index (κ1) is 14.4. The Balaban J connectivity index is 1.84. The Bertz CT molecular complexity index is 604. The van der Waals surface area contributed by atoms with E-state index in [4.69, 9.17) is 5.73 Å². The molecule has 0 spiro atoms. The third-order valence-electron chi connectivity index (χ3n) is 4.75. The first-order valence-corrected chi connectivity index (χ1v) is 8.29. The summed E-state index contributed by atoms with van der Waals surface area (Å²) in [6.45, 7) is 4.51. The maximum Gasteiger partial charge on any atom is 0.0366 e. The molecular weight excluding hydrogens is 256 g/mol. The van der Waals surface area contributed by atoms with E-state index in [2.05, 4.69) is 48.2 Å². The summed E-state index contributed by atoms with van der Waals surface area (Å²) in [5.41, 5.74) is 8.52. The predicted molar refractivity (Wildman–Crippen MR) is 91.3 cm³/mol. The lowest BCUT2D eigenvalue weighted by Crippen LogP contribution is -2.38. The van der Waals surface area contributed by atoms with Gasteiger partial charge in [-0.25, -0.2) is 0 Å². The van der Waals surface area contributed by atoms with Gasteiger partial charge in [-0.2, -0.15) is 0 Å². The monoisotopic (exact) mass is 282 g/mol. The number of nitrogens with zero attached hydrogens (tertiary/aromatic N) is 1. The van der Waals surface area contributed by atoms with Crippen LogP contribution in [-0.2, 0) is 6.54 Å². The summed E-state index contributed by atoms with van der Waals surface area (Å²) in [7, 11) is 0. The molecule has 2 heteroatoms. The zero-order chi connectivity index (χ0) is 14.7. The van der Waals surface area contributed by atoms with Crippen LogP contribution in [0.2, 0.25) is 0 Å². The van der Waals surface area contributed by atoms with Crippen molar-refractivity contribution in [3.8, 4) is 0 Å². The summed E-state index contributed by atoms with van der Waals surface area (Å²) in [6.07, 6.45) is 6.64. The molecule has 1 aliphatic heterocycles. The molecule has 2 N–H and O–H groups in total. The van der Waals surface area contributed by atoms with Crippen LogP contribution in [0.15, 0.2) is 36.4 Å². The summed E-state index contributed by atoms with van der Waals surface area (Å²) in [5, 5.41) is 2.54. The van der Waals surface area contributed by atoms with E-state index in [-0.39, 0.29) is 0 Å². The number of hydrogen-bond acceptors (Lipinski definition) is 2. The smallest absolute Gasteiger partial charge is 0.0366 e. The van der Waals surface area contributed by atoms with Gasteiger partial charge < -0.3 is 5.73 Å². The molecule has 2 aromatic rings. The van der Waals surface area contributed by atoms with Crippen molar-refractivity contribution in [3.05, 3.63) is 42.0 Å². The molecule has 1 heterocycles. The fourth-order valence-corrected chi connectivity index (χ4v) is 3.59. The van der Waals surface area contributed by atoms with Gasteiger partial charge in [-0.15, -0.1) is 0 Å². The molecule has 21 heavy (non-hydrogen) atoms. The van der Waals surface area contributed by atoms with Gasteiger partial charge in [-0.1, -0.05) is 44.0 Å². The van der Waals surface area contributed by atoms with E-state index in [0.29, 0.717) is 0 Å². The van der Waals surface area contributed by atoms with Gasteiger partial charge >= 0.3 is 0 Å². The van der Waals surface area contributed by atoms with Crippen LogP contribution >= 0.6 is 0 Å². The minimum absolute atomic E-state index is 0.745. The maximum absolute atomic E-state index is 6.30. The number of nitrogen functional groups attached to an aromatic ring is 1. The third kappa shape index (κ3) is 3.21. The minimum atomic E-state index is 0.745. The van der Waals surface area contributed by atoms with Crippen LogP contribution in [0, 0.1) is 0 Å². The van der Waals surface area contributed by atoms with E-state index in [9.17, 15) is 0 Å². The number of fused-ring (bicyclic) bond motifs is 1. The van der Waals surface area contributed by atoms with Crippen molar-refractivity contribution >= 4 is 16.5 Å². The van der Waals surface area contributed by atoms with E-state index in [1.165, 1.54) is 55.0 Å². The largest absolute Gasteiger partial charge is 0.398 e. The molecule has 0 saturated carbocycles. The molecule has 3 rings (SSSR count). The Kier molecular flexibility index (Phi) is 4.45. The third-order valence-corrected chi connectivity index (χ3v) is 4.75. The Morgan fingerprint density at radius 1 is 1.14 bits per heavy atom. The molecule has 0 amide bonds. The van der Waals surface area contributed by atoms with Crippen LogP contribution in [0.4, 0.5) is 5.69 Å². The zero-order valence-corrected chi connectivity index (χ0v) is 13.0. The second-order valence-electron chi connectivity index (χ2n) is 6.31. The second kappa shape index (κ2) is 6.48. The summed E-state index contributed by atoms with van der Waals surface area (Å²) in [5.74, 6) is 0. The number of rotatable bonds is 4. The summed E-state index contributed by atoms with van der Waals surface area (Å²) < 4.78 is 0. The van der Waals surface area contributed by atoms with E-state index in [1.807, 2.05) is 0 Å². The molecule has 0 aliphatic carbocycles.